The molecule has 1 saturated carbocycles. The van der Waals surface area contributed by atoms with E-state index in [4.69, 9.17) is 4.99 Å². The first-order valence-corrected chi connectivity index (χ1v) is 10.2. The highest BCUT2D eigenvalue weighted by molar-refractivity contribution is 14.0. The minimum absolute atomic E-state index is 0. The van der Waals surface area contributed by atoms with Crippen LogP contribution in [0.3, 0.4) is 0 Å². The number of nitrogens with one attached hydrogen (secondary N) is 2. The molecule has 2 rings (SSSR count). The standard InChI is InChI=1S/C19H31N3OS.HI/c1-3-20-19(21-13-15-8-5-6-9-16(15)14-23)22-17-10-7-11-18(12-17)24-4-2;/h5-6,8-9,17-18,23H,3-4,7,10-14H2,1-2H3,(H2,20,21,22);1H. The topological polar surface area (TPSA) is 56.7 Å². The fourth-order valence-corrected chi connectivity index (χ4v) is 4.38. The summed E-state index contributed by atoms with van der Waals surface area (Å²) >= 11 is 2.08. The first-order chi connectivity index (χ1) is 11.8. The van der Waals surface area contributed by atoms with Gasteiger partial charge in [0.25, 0.3) is 0 Å². The van der Waals surface area contributed by atoms with Gasteiger partial charge >= 0.3 is 0 Å². The van der Waals surface area contributed by atoms with Gasteiger partial charge in [0.1, 0.15) is 0 Å². The lowest BCUT2D eigenvalue weighted by Crippen LogP contribution is -2.45. The average Bonchev–Trinajstić information content (AvgIpc) is 2.61. The molecule has 0 bridgehead atoms. The predicted molar refractivity (Wildman–Crippen MR) is 120 cm³/mol. The second kappa shape index (κ2) is 12.8. The minimum Gasteiger partial charge on any atom is -0.392 e. The molecule has 142 valence electrons. The van der Waals surface area contributed by atoms with Gasteiger partial charge in [-0.3, -0.25) is 0 Å². The molecule has 0 aromatic heterocycles. The van der Waals surface area contributed by atoms with Gasteiger partial charge in [0.2, 0.25) is 0 Å². The van der Waals surface area contributed by atoms with E-state index in [9.17, 15) is 5.11 Å². The molecule has 0 heterocycles. The van der Waals surface area contributed by atoms with E-state index in [1.165, 1.54) is 31.4 Å². The van der Waals surface area contributed by atoms with Crippen LogP contribution in [0.5, 0.6) is 0 Å². The normalized spacial score (nSPS) is 20.7. The van der Waals surface area contributed by atoms with Crippen LogP contribution in [-0.4, -0.2) is 34.7 Å². The van der Waals surface area contributed by atoms with E-state index in [0.29, 0.717) is 12.6 Å². The number of aliphatic hydroxyl groups excluding tert-OH is 1. The summed E-state index contributed by atoms with van der Waals surface area (Å²) in [4.78, 5) is 4.73. The second-order valence-corrected chi connectivity index (χ2v) is 7.78. The van der Waals surface area contributed by atoms with Crippen molar-refractivity contribution in [3.05, 3.63) is 35.4 Å². The highest BCUT2D eigenvalue weighted by Gasteiger charge is 2.22. The Bertz CT molecular complexity index is 525. The van der Waals surface area contributed by atoms with Gasteiger partial charge in [-0.25, -0.2) is 4.99 Å². The highest BCUT2D eigenvalue weighted by atomic mass is 127. The molecule has 1 aliphatic carbocycles. The van der Waals surface area contributed by atoms with Crippen LogP contribution in [0.2, 0.25) is 0 Å². The molecule has 25 heavy (non-hydrogen) atoms. The Morgan fingerprint density at radius 2 is 2.00 bits per heavy atom. The molecule has 0 amide bonds. The van der Waals surface area contributed by atoms with Crippen molar-refractivity contribution in [2.45, 2.75) is 64.0 Å². The maximum absolute atomic E-state index is 9.45. The number of aliphatic imine (C=N–C) groups is 1. The predicted octanol–water partition coefficient (Wildman–Crippen LogP) is 3.92. The number of hydrogen-bond donors (Lipinski definition) is 3. The zero-order chi connectivity index (χ0) is 17.2. The summed E-state index contributed by atoms with van der Waals surface area (Å²) < 4.78 is 0. The van der Waals surface area contributed by atoms with E-state index in [-0.39, 0.29) is 30.6 Å². The maximum Gasteiger partial charge on any atom is 0.191 e. The lowest BCUT2D eigenvalue weighted by atomic mass is 9.95. The third-order valence-corrected chi connectivity index (χ3v) is 5.64. The lowest BCUT2D eigenvalue weighted by molar-refractivity contribution is 0.280. The zero-order valence-corrected chi connectivity index (χ0v) is 18.5. The van der Waals surface area contributed by atoms with Crippen molar-refractivity contribution in [1.29, 1.82) is 0 Å². The van der Waals surface area contributed by atoms with Gasteiger partial charge in [-0.15, -0.1) is 24.0 Å². The molecule has 4 nitrogen and oxygen atoms in total. The number of halogens is 1. The van der Waals surface area contributed by atoms with E-state index in [2.05, 4.69) is 36.2 Å². The first kappa shape index (κ1) is 22.6. The van der Waals surface area contributed by atoms with Crippen LogP contribution in [0, 0.1) is 0 Å². The highest BCUT2D eigenvalue weighted by Crippen LogP contribution is 2.28. The molecular weight excluding hydrogens is 445 g/mol. The van der Waals surface area contributed by atoms with Gasteiger partial charge in [0.15, 0.2) is 5.96 Å². The van der Waals surface area contributed by atoms with Crippen LogP contribution in [0.15, 0.2) is 29.3 Å². The van der Waals surface area contributed by atoms with Gasteiger partial charge < -0.3 is 15.7 Å². The third-order valence-electron chi connectivity index (χ3n) is 4.41. The lowest BCUT2D eigenvalue weighted by Gasteiger charge is -2.30. The molecule has 2 atom stereocenters. The van der Waals surface area contributed by atoms with E-state index in [1.54, 1.807) is 0 Å². The largest absolute Gasteiger partial charge is 0.392 e. The molecular formula is C19H32IN3OS. The number of nitrogens with zero attached hydrogens (tertiary/aromatic N) is 1. The van der Waals surface area contributed by atoms with E-state index < -0.39 is 0 Å². The Morgan fingerprint density at radius 1 is 1.24 bits per heavy atom. The van der Waals surface area contributed by atoms with Crippen LogP contribution in [0.1, 0.15) is 50.7 Å². The van der Waals surface area contributed by atoms with Gasteiger partial charge in [0.05, 0.1) is 13.2 Å². The second-order valence-electron chi connectivity index (χ2n) is 6.21. The summed E-state index contributed by atoms with van der Waals surface area (Å²) in [6.45, 7) is 5.84. The van der Waals surface area contributed by atoms with Gasteiger partial charge in [-0.05, 0) is 43.1 Å². The number of aliphatic hydroxyl groups is 1. The van der Waals surface area contributed by atoms with Crippen molar-refractivity contribution in [2.24, 2.45) is 4.99 Å². The summed E-state index contributed by atoms with van der Waals surface area (Å²) in [5, 5.41) is 17.2. The number of rotatable bonds is 7. The molecule has 0 spiro atoms. The Kier molecular flexibility index (Phi) is 11.6. The van der Waals surface area contributed by atoms with Crippen LogP contribution in [0.25, 0.3) is 0 Å². The van der Waals surface area contributed by atoms with E-state index in [1.807, 2.05) is 24.3 Å². The van der Waals surface area contributed by atoms with Crippen molar-refractivity contribution in [2.75, 3.05) is 12.3 Å². The molecule has 1 aliphatic rings. The van der Waals surface area contributed by atoms with Crippen molar-refractivity contribution in [3.8, 4) is 0 Å². The molecule has 1 aromatic carbocycles. The molecule has 1 aromatic rings. The van der Waals surface area contributed by atoms with Gasteiger partial charge in [0, 0.05) is 17.8 Å². The van der Waals surface area contributed by atoms with Gasteiger partial charge in [-0.1, -0.05) is 37.6 Å². The maximum atomic E-state index is 9.45. The fourth-order valence-electron chi connectivity index (χ4n) is 3.21. The Hall–Kier alpha value is -0.470. The Labute approximate surface area is 173 Å². The summed E-state index contributed by atoms with van der Waals surface area (Å²) in [5.74, 6) is 2.08. The minimum atomic E-state index is 0. The van der Waals surface area contributed by atoms with Crippen molar-refractivity contribution in [1.82, 2.24) is 10.6 Å². The van der Waals surface area contributed by atoms with Crippen LogP contribution in [0.4, 0.5) is 0 Å². The smallest absolute Gasteiger partial charge is 0.191 e. The third kappa shape index (κ3) is 7.74. The zero-order valence-electron chi connectivity index (χ0n) is 15.3. The van der Waals surface area contributed by atoms with E-state index in [0.717, 1.165) is 28.9 Å². The van der Waals surface area contributed by atoms with Gasteiger partial charge in [-0.2, -0.15) is 11.8 Å². The molecule has 0 radical (unpaired) electrons. The quantitative estimate of drug-likeness (QED) is 0.317. The van der Waals surface area contributed by atoms with Crippen LogP contribution in [-0.2, 0) is 13.2 Å². The molecule has 2 unspecified atom stereocenters. The average molecular weight is 477 g/mol. The van der Waals surface area contributed by atoms with Crippen LogP contribution < -0.4 is 10.6 Å². The number of guanidine groups is 1. The number of hydrogen-bond acceptors (Lipinski definition) is 3. The fraction of sp³-hybridized carbons (Fsp3) is 0.632. The van der Waals surface area contributed by atoms with Crippen molar-refractivity contribution >= 4 is 41.7 Å². The number of thioether (sulfide) groups is 1. The molecule has 1 fully saturated rings. The Morgan fingerprint density at radius 3 is 2.68 bits per heavy atom. The monoisotopic (exact) mass is 477 g/mol. The first-order valence-electron chi connectivity index (χ1n) is 9.10. The molecule has 0 saturated heterocycles. The number of benzene rings is 1. The summed E-state index contributed by atoms with van der Waals surface area (Å²) in [7, 11) is 0. The summed E-state index contributed by atoms with van der Waals surface area (Å²) in [6, 6.07) is 8.45. The molecule has 3 N–H and O–H groups in total. The van der Waals surface area contributed by atoms with E-state index >= 15 is 0 Å². The van der Waals surface area contributed by atoms with Crippen molar-refractivity contribution < 1.29 is 5.11 Å². The summed E-state index contributed by atoms with van der Waals surface area (Å²) in [6.07, 6.45) is 5.07. The Balaban J connectivity index is 0.00000312. The molecule has 6 heteroatoms. The van der Waals surface area contributed by atoms with Crippen LogP contribution >= 0.6 is 35.7 Å². The van der Waals surface area contributed by atoms with Crippen molar-refractivity contribution in [3.63, 3.8) is 0 Å². The molecule has 0 aliphatic heterocycles. The SMILES string of the molecule is CCNC(=NCc1ccccc1CO)NC1CCCC(SCC)C1.I. The summed E-state index contributed by atoms with van der Waals surface area (Å²) in [5.41, 5.74) is 2.04.